The van der Waals surface area contributed by atoms with Gasteiger partial charge >= 0.3 is 5.97 Å². The van der Waals surface area contributed by atoms with E-state index in [1.807, 2.05) is 42.5 Å². The Morgan fingerprint density at radius 2 is 1.78 bits per heavy atom. The molecule has 0 aliphatic carbocycles. The van der Waals surface area contributed by atoms with Crippen LogP contribution in [0.15, 0.2) is 48.5 Å². The molecule has 1 heterocycles. The highest BCUT2D eigenvalue weighted by Crippen LogP contribution is 2.34. The molecule has 1 atom stereocenters. The fourth-order valence-electron chi connectivity index (χ4n) is 3.99. The number of fused-ring (bicyclic) bond motifs is 1. The zero-order valence-corrected chi connectivity index (χ0v) is 21.6. The van der Waals surface area contributed by atoms with Gasteiger partial charge in [-0.3, -0.25) is 9.59 Å². The molecular formula is C26H34N2O7S. The lowest BCUT2D eigenvalue weighted by molar-refractivity contribution is -0.139. The molecule has 0 spiro atoms. The van der Waals surface area contributed by atoms with E-state index >= 15 is 0 Å². The number of para-hydroxylation sites is 3. The second-order valence-corrected chi connectivity index (χ2v) is 10.5. The van der Waals surface area contributed by atoms with Gasteiger partial charge in [0.1, 0.15) is 11.5 Å². The van der Waals surface area contributed by atoms with Crippen molar-refractivity contribution in [2.75, 3.05) is 38.0 Å². The molecule has 10 heteroatoms. The van der Waals surface area contributed by atoms with Crippen molar-refractivity contribution in [3.8, 4) is 11.5 Å². The predicted octanol–water partition coefficient (Wildman–Crippen LogP) is 3.07. The van der Waals surface area contributed by atoms with Gasteiger partial charge in [0.2, 0.25) is 10.0 Å². The minimum atomic E-state index is -3.16. The summed E-state index contributed by atoms with van der Waals surface area (Å²) in [5, 5.41) is 0. The van der Waals surface area contributed by atoms with Gasteiger partial charge < -0.3 is 19.1 Å². The number of unbranched alkanes of at least 4 members (excludes halogenated alkanes) is 3. The lowest BCUT2D eigenvalue weighted by Crippen LogP contribution is -2.47. The minimum absolute atomic E-state index is 0.108. The molecule has 1 aliphatic rings. The van der Waals surface area contributed by atoms with Crippen LogP contribution in [0.3, 0.4) is 0 Å². The van der Waals surface area contributed by atoms with Crippen molar-refractivity contribution in [2.45, 2.75) is 44.6 Å². The van der Waals surface area contributed by atoms with Crippen molar-refractivity contribution < 1.29 is 32.2 Å². The van der Waals surface area contributed by atoms with Crippen LogP contribution in [0, 0.1) is 0 Å². The number of sulfonamides is 1. The van der Waals surface area contributed by atoms with Gasteiger partial charge in [0.15, 0.2) is 6.10 Å². The fraction of sp³-hybridized carbons (Fsp3) is 0.462. The molecule has 196 valence electrons. The summed E-state index contributed by atoms with van der Waals surface area (Å²) < 4.78 is 41.4. The molecule has 0 saturated heterocycles. The highest BCUT2D eigenvalue weighted by molar-refractivity contribution is 7.88. The van der Waals surface area contributed by atoms with Crippen LogP contribution in [0.4, 0.5) is 5.69 Å². The van der Waals surface area contributed by atoms with E-state index in [0.717, 1.165) is 43.2 Å². The van der Waals surface area contributed by atoms with Gasteiger partial charge in [-0.15, -0.1) is 0 Å². The summed E-state index contributed by atoms with van der Waals surface area (Å²) in [6.45, 7) is 1.22. The molecule has 2 aromatic carbocycles. The van der Waals surface area contributed by atoms with Crippen molar-refractivity contribution >= 4 is 27.6 Å². The number of amides is 1. The van der Waals surface area contributed by atoms with Gasteiger partial charge in [-0.25, -0.2) is 13.1 Å². The average molecular weight is 519 g/mol. The van der Waals surface area contributed by atoms with Gasteiger partial charge in [0.25, 0.3) is 5.91 Å². The first kappa shape index (κ1) is 27.5. The number of rotatable bonds is 14. The van der Waals surface area contributed by atoms with Crippen LogP contribution < -0.4 is 19.1 Å². The standard InChI is InChI=1S/C26H34N2O7S/c1-33-25(29)19-20-11-5-7-13-22(20)34-18-15-24-26(30)28(21-12-6-8-14-23(21)35-24)17-10-4-3-9-16-27-36(2,31)32/h5-8,11-14,24,27H,3-4,9-10,15-19H2,1-2H3. The van der Waals surface area contributed by atoms with E-state index in [1.165, 1.54) is 7.11 Å². The second-order valence-electron chi connectivity index (χ2n) is 8.64. The molecule has 9 nitrogen and oxygen atoms in total. The highest BCUT2D eigenvalue weighted by Gasteiger charge is 2.33. The third-order valence-corrected chi connectivity index (χ3v) is 6.54. The Labute approximate surface area is 212 Å². The summed E-state index contributed by atoms with van der Waals surface area (Å²) in [7, 11) is -1.82. The summed E-state index contributed by atoms with van der Waals surface area (Å²) in [5.41, 5.74) is 1.47. The van der Waals surface area contributed by atoms with Crippen molar-refractivity contribution in [3.63, 3.8) is 0 Å². The molecule has 3 rings (SSSR count). The molecule has 1 amide bonds. The van der Waals surface area contributed by atoms with Crippen LogP contribution in [-0.4, -0.2) is 59.5 Å². The number of ether oxygens (including phenoxy) is 3. The van der Waals surface area contributed by atoms with Crippen molar-refractivity contribution in [1.82, 2.24) is 4.72 Å². The SMILES string of the molecule is COC(=O)Cc1ccccc1OCCC1Oc2ccccc2N(CCCCCCNS(C)(=O)=O)C1=O. The molecule has 0 aromatic heterocycles. The fourth-order valence-corrected chi connectivity index (χ4v) is 4.50. The third-order valence-electron chi connectivity index (χ3n) is 5.81. The molecule has 1 unspecified atom stereocenters. The summed E-state index contributed by atoms with van der Waals surface area (Å²) in [5.74, 6) is 0.772. The van der Waals surface area contributed by atoms with Crippen LogP contribution in [0.1, 0.15) is 37.7 Å². The summed E-state index contributed by atoms with van der Waals surface area (Å²) in [6, 6.07) is 14.7. The number of nitrogens with one attached hydrogen (secondary N) is 1. The molecule has 36 heavy (non-hydrogen) atoms. The number of anilines is 1. The van der Waals surface area contributed by atoms with E-state index in [1.54, 1.807) is 11.0 Å². The molecule has 0 fully saturated rings. The number of esters is 1. The average Bonchev–Trinajstić information content (AvgIpc) is 2.85. The zero-order chi connectivity index (χ0) is 26.0. The van der Waals surface area contributed by atoms with E-state index in [-0.39, 0.29) is 24.9 Å². The van der Waals surface area contributed by atoms with E-state index < -0.39 is 16.1 Å². The third kappa shape index (κ3) is 8.23. The van der Waals surface area contributed by atoms with Crippen molar-refractivity contribution in [3.05, 3.63) is 54.1 Å². The lowest BCUT2D eigenvalue weighted by atomic mass is 10.1. The normalized spacial score (nSPS) is 15.2. The van der Waals surface area contributed by atoms with Crippen LogP contribution in [0.25, 0.3) is 0 Å². The van der Waals surface area contributed by atoms with E-state index in [4.69, 9.17) is 14.2 Å². The Bertz CT molecular complexity index is 1140. The molecule has 0 bridgehead atoms. The molecule has 1 N–H and O–H groups in total. The van der Waals surface area contributed by atoms with Crippen LogP contribution in [0.2, 0.25) is 0 Å². The number of methoxy groups -OCH3 is 1. The topological polar surface area (TPSA) is 111 Å². The maximum atomic E-state index is 13.3. The minimum Gasteiger partial charge on any atom is -0.493 e. The molecule has 0 saturated carbocycles. The largest absolute Gasteiger partial charge is 0.493 e. The Morgan fingerprint density at radius 3 is 2.56 bits per heavy atom. The van der Waals surface area contributed by atoms with E-state index in [2.05, 4.69) is 4.72 Å². The maximum Gasteiger partial charge on any atom is 0.310 e. The van der Waals surface area contributed by atoms with Gasteiger partial charge in [0.05, 0.1) is 32.1 Å². The van der Waals surface area contributed by atoms with Crippen LogP contribution in [0.5, 0.6) is 11.5 Å². The summed E-state index contributed by atoms with van der Waals surface area (Å²) in [4.78, 5) is 26.7. The van der Waals surface area contributed by atoms with E-state index in [0.29, 0.717) is 31.0 Å². The number of benzene rings is 2. The first-order chi connectivity index (χ1) is 17.3. The number of carbonyl (C=O) groups excluding carboxylic acids is 2. The maximum absolute atomic E-state index is 13.3. The van der Waals surface area contributed by atoms with Gasteiger partial charge in [-0.1, -0.05) is 43.2 Å². The first-order valence-electron chi connectivity index (χ1n) is 12.1. The second kappa shape index (κ2) is 13.3. The number of carbonyl (C=O) groups is 2. The summed E-state index contributed by atoms with van der Waals surface area (Å²) in [6.07, 6.45) is 4.22. The van der Waals surface area contributed by atoms with Gasteiger partial charge in [-0.2, -0.15) is 0 Å². The molecule has 2 aromatic rings. The highest BCUT2D eigenvalue weighted by atomic mass is 32.2. The quantitative estimate of drug-likeness (QED) is 0.302. The first-order valence-corrected chi connectivity index (χ1v) is 14.0. The Hall–Kier alpha value is -3.11. The Balaban J connectivity index is 1.54. The Kier molecular flexibility index (Phi) is 10.1. The lowest BCUT2D eigenvalue weighted by Gasteiger charge is -2.34. The molecular weight excluding hydrogens is 484 g/mol. The molecule has 0 radical (unpaired) electrons. The Morgan fingerprint density at radius 1 is 1.06 bits per heavy atom. The summed E-state index contributed by atoms with van der Waals surface area (Å²) >= 11 is 0. The smallest absolute Gasteiger partial charge is 0.310 e. The van der Waals surface area contributed by atoms with Gasteiger partial charge in [0, 0.05) is 25.1 Å². The predicted molar refractivity (Wildman–Crippen MR) is 137 cm³/mol. The van der Waals surface area contributed by atoms with Gasteiger partial charge in [-0.05, 0) is 31.0 Å². The van der Waals surface area contributed by atoms with Crippen LogP contribution in [-0.2, 0) is 30.8 Å². The van der Waals surface area contributed by atoms with Crippen molar-refractivity contribution in [2.24, 2.45) is 0 Å². The molecule has 1 aliphatic heterocycles. The number of nitrogens with zero attached hydrogens (tertiary/aromatic N) is 1. The van der Waals surface area contributed by atoms with Crippen molar-refractivity contribution in [1.29, 1.82) is 0 Å². The van der Waals surface area contributed by atoms with Crippen LogP contribution >= 0.6 is 0 Å². The number of hydrogen-bond donors (Lipinski definition) is 1. The van der Waals surface area contributed by atoms with E-state index in [9.17, 15) is 18.0 Å². The monoisotopic (exact) mass is 518 g/mol. The number of hydrogen-bond acceptors (Lipinski definition) is 7. The zero-order valence-electron chi connectivity index (χ0n) is 20.8.